The zero-order valence-electron chi connectivity index (χ0n) is 10.6. The van der Waals surface area contributed by atoms with Gasteiger partial charge in [0, 0.05) is 11.1 Å². The molecular formula is C15H13ClO3. The first kappa shape index (κ1) is 13.4. The number of aldehydes is 1. The minimum absolute atomic E-state index is 0.414. The summed E-state index contributed by atoms with van der Waals surface area (Å²) in [5.74, 6) is 1.29. The van der Waals surface area contributed by atoms with Crippen molar-refractivity contribution in [2.75, 3.05) is 14.2 Å². The van der Waals surface area contributed by atoms with Crippen LogP contribution in [0.25, 0.3) is 11.1 Å². The minimum atomic E-state index is 0.414. The maximum atomic E-state index is 10.8. The number of ether oxygens (including phenoxy) is 2. The van der Waals surface area contributed by atoms with Crippen LogP contribution in [-0.2, 0) is 0 Å². The van der Waals surface area contributed by atoms with Crippen LogP contribution in [0.2, 0.25) is 5.02 Å². The number of methoxy groups -OCH3 is 2. The van der Waals surface area contributed by atoms with Crippen molar-refractivity contribution in [3.8, 4) is 22.6 Å². The summed E-state index contributed by atoms with van der Waals surface area (Å²) in [7, 11) is 3.17. The Hall–Kier alpha value is -2.00. The molecule has 0 aliphatic rings. The zero-order valence-corrected chi connectivity index (χ0v) is 11.4. The van der Waals surface area contributed by atoms with Gasteiger partial charge in [0.25, 0.3) is 0 Å². The third-order valence-corrected chi connectivity index (χ3v) is 3.17. The first-order valence-electron chi connectivity index (χ1n) is 5.67. The molecular weight excluding hydrogens is 264 g/mol. The molecule has 4 heteroatoms. The maximum absolute atomic E-state index is 10.8. The Labute approximate surface area is 116 Å². The Morgan fingerprint density at radius 3 is 2.47 bits per heavy atom. The Balaban J connectivity index is 2.58. The number of halogens is 1. The van der Waals surface area contributed by atoms with E-state index < -0.39 is 0 Å². The molecule has 0 amide bonds. The molecule has 0 fully saturated rings. The molecule has 0 aliphatic heterocycles. The standard InChI is InChI=1S/C15H13ClO3/c1-18-14-5-3-4-12(15(14)19-2)10-6-7-11(9-17)13(16)8-10/h3-9H,1-2H3. The molecule has 2 aromatic rings. The molecule has 0 spiro atoms. The Morgan fingerprint density at radius 2 is 1.89 bits per heavy atom. The SMILES string of the molecule is COc1cccc(-c2ccc(C=O)c(Cl)c2)c1OC. The van der Waals surface area contributed by atoms with Crippen molar-refractivity contribution >= 4 is 17.9 Å². The largest absolute Gasteiger partial charge is 0.493 e. The van der Waals surface area contributed by atoms with Crippen LogP contribution in [0.1, 0.15) is 10.4 Å². The van der Waals surface area contributed by atoms with E-state index in [-0.39, 0.29) is 0 Å². The average molecular weight is 277 g/mol. The van der Waals surface area contributed by atoms with Crippen LogP contribution in [-0.4, -0.2) is 20.5 Å². The molecule has 0 saturated heterocycles. The molecule has 0 radical (unpaired) electrons. The maximum Gasteiger partial charge on any atom is 0.168 e. The number of benzene rings is 2. The van der Waals surface area contributed by atoms with Crippen LogP contribution < -0.4 is 9.47 Å². The predicted octanol–water partition coefficient (Wildman–Crippen LogP) is 3.84. The summed E-state index contributed by atoms with van der Waals surface area (Å²) in [4.78, 5) is 10.8. The van der Waals surface area contributed by atoms with Crippen LogP contribution >= 0.6 is 11.6 Å². The van der Waals surface area contributed by atoms with Crippen molar-refractivity contribution in [2.45, 2.75) is 0 Å². The number of hydrogen-bond donors (Lipinski definition) is 0. The Kier molecular flexibility index (Phi) is 4.07. The van der Waals surface area contributed by atoms with E-state index >= 15 is 0 Å². The molecule has 0 aromatic heterocycles. The number of rotatable bonds is 4. The molecule has 0 saturated carbocycles. The Bertz CT molecular complexity index is 608. The molecule has 2 aromatic carbocycles. The lowest BCUT2D eigenvalue weighted by Gasteiger charge is -2.13. The lowest BCUT2D eigenvalue weighted by atomic mass is 10.0. The highest BCUT2D eigenvalue weighted by Crippen LogP contribution is 2.38. The number of hydrogen-bond acceptors (Lipinski definition) is 3. The van der Waals surface area contributed by atoms with Crippen LogP contribution in [0.3, 0.4) is 0 Å². The second-order valence-corrected chi connectivity index (χ2v) is 4.30. The fourth-order valence-corrected chi connectivity index (χ4v) is 2.13. The molecule has 0 heterocycles. The summed E-state index contributed by atoms with van der Waals surface area (Å²) in [5.41, 5.74) is 2.19. The van der Waals surface area contributed by atoms with Crippen molar-refractivity contribution in [3.63, 3.8) is 0 Å². The second kappa shape index (κ2) is 5.76. The molecule has 19 heavy (non-hydrogen) atoms. The lowest BCUT2D eigenvalue weighted by molar-refractivity contribution is 0.112. The molecule has 0 atom stereocenters. The van der Waals surface area contributed by atoms with E-state index in [4.69, 9.17) is 21.1 Å². The fraction of sp³-hybridized carbons (Fsp3) is 0.133. The molecule has 2 rings (SSSR count). The number of para-hydroxylation sites is 1. The van der Waals surface area contributed by atoms with Crippen molar-refractivity contribution in [1.29, 1.82) is 0 Å². The molecule has 0 unspecified atom stereocenters. The van der Waals surface area contributed by atoms with Gasteiger partial charge < -0.3 is 9.47 Å². The van der Waals surface area contributed by atoms with Gasteiger partial charge in [-0.25, -0.2) is 0 Å². The van der Waals surface area contributed by atoms with E-state index in [2.05, 4.69) is 0 Å². The van der Waals surface area contributed by atoms with Gasteiger partial charge in [-0.2, -0.15) is 0 Å². The normalized spacial score (nSPS) is 10.1. The highest BCUT2D eigenvalue weighted by molar-refractivity contribution is 6.33. The van der Waals surface area contributed by atoms with Crippen LogP contribution in [0.4, 0.5) is 0 Å². The highest BCUT2D eigenvalue weighted by atomic mass is 35.5. The summed E-state index contributed by atoms with van der Waals surface area (Å²) >= 11 is 6.05. The van der Waals surface area contributed by atoms with Gasteiger partial charge in [0.15, 0.2) is 17.8 Å². The van der Waals surface area contributed by atoms with E-state index in [0.29, 0.717) is 22.1 Å². The first-order chi connectivity index (χ1) is 9.21. The van der Waals surface area contributed by atoms with Crippen molar-refractivity contribution in [2.24, 2.45) is 0 Å². The quantitative estimate of drug-likeness (QED) is 0.796. The second-order valence-electron chi connectivity index (χ2n) is 3.90. The molecule has 0 bridgehead atoms. The van der Waals surface area contributed by atoms with Gasteiger partial charge in [-0.05, 0) is 23.8 Å². The fourth-order valence-electron chi connectivity index (χ4n) is 1.90. The number of carbonyl (C=O) groups excluding carboxylic acids is 1. The van der Waals surface area contributed by atoms with Crippen molar-refractivity contribution in [1.82, 2.24) is 0 Å². The number of carbonyl (C=O) groups is 1. The zero-order chi connectivity index (χ0) is 13.8. The molecule has 3 nitrogen and oxygen atoms in total. The van der Waals surface area contributed by atoms with Crippen LogP contribution in [0.5, 0.6) is 11.5 Å². The molecule has 0 aliphatic carbocycles. The summed E-state index contributed by atoms with van der Waals surface area (Å²) < 4.78 is 10.6. The van der Waals surface area contributed by atoms with Crippen molar-refractivity contribution in [3.05, 3.63) is 47.0 Å². The first-order valence-corrected chi connectivity index (χ1v) is 6.05. The van der Waals surface area contributed by atoms with Crippen LogP contribution in [0.15, 0.2) is 36.4 Å². The summed E-state index contributed by atoms with van der Waals surface area (Å²) in [6, 6.07) is 10.9. The lowest BCUT2D eigenvalue weighted by Crippen LogP contribution is -1.93. The monoisotopic (exact) mass is 276 g/mol. The van der Waals surface area contributed by atoms with Crippen LogP contribution in [0, 0.1) is 0 Å². The summed E-state index contributed by atoms with van der Waals surface area (Å²) in [6.45, 7) is 0. The van der Waals surface area contributed by atoms with E-state index in [1.165, 1.54) is 0 Å². The van der Waals surface area contributed by atoms with E-state index in [9.17, 15) is 4.79 Å². The minimum Gasteiger partial charge on any atom is -0.493 e. The van der Waals surface area contributed by atoms with Gasteiger partial charge in [-0.15, -0.1) is 0 Å². The topological polar surface area (TPSA) is 35.5 Å². The smallest absolute Gasteiger partial charge is 0.168 e. The summed E-state index contributed by atoms with van der Waals surface area (Å²) in [6.07, 6.45) is 0.731. The van der Waals surface area contributed by atoms with Gasteiger partial charge in [0.1, 0.15) is 0 Å². The predicted molar refractivity (Wildman–Crippen MR) is 75.4 cm³/mol. The molecule has 98 valence electrons. The van der Waals surface area contributed by atoms with Gasteiger partial charge in [0.05, 0.1) is 19.2 Å². The highest BCUT2D eigenvalue weighted by Gasteiger charge is 2.12. The van der Waals surface area contributed by atoms with Gasteiger partial charge >= 0.3 is 0 Å². The Morgan fingerprint density at radius 1 is 1.11 bits per heavy atom. The van der Waals surface area contributed by atoms with Gasteiger partial charge in [0.2, 0.25) is 0 Å². The summed E-state index contributed by atoms with van der Waals surface area (Å²) in [5, 5.41) is 0.414. The van der Waals surface area contributed by atoms with Gasteiger partial charge in [-0.1, -0.05) is 29.8 Å². The van der Waals surface area contributed by atoms with Gasteiger partial charge in [-0.3, -0.25) is 4.79 Å². The van der Waals surface area contributed by atoms with E-state index in [0.717, 1.165) is 17.4 Å². The average Bonchev–Trinajstić information content (AvgIpc) is 2.46. The third-order valence-electron chi connectivity index (χ3n) is 2.84. The van der Waals surface area contributed by atoms with E-state index in [1.54, 1.807) is 26.4 Å². The van der Waals surface area contributed by atoms with E-state index in [1.807, 2.05) is 24.3 Å². The third kappa shape index (κ3) is 2.56. The molecule has 0 N–H and O–H groups in total. The van der Waals surface area contributed by atoms with Crippen molar-refractivity contribution < 1.29 is 14.3 Å².